The lowest BCUT2D eigenvalue weighted by Crippen LogP contribution is -2.37. The standard InChI is InChI=1S/C11H13BrN2O5S/c1-7(6-20(2,18)19)13-11(15)8-4-3-5-9(10(8)12)14(16)17/h3-5,7H,6H2,1-2H3,(H,13,15). The molecule has 9 heteroatoms. The first-order valence-electron chi connectivity index (χ1n) is 5.53. The normalized spacial score (nSPS) is 12.8. The number of hydrogen-bond donors (Lipinski definition) is 1. The molecule has 0 saturated heterocycles. The van der Waals surface area contributed by atoms with Crippen molar-refractivity contribution in [2.75, 3.05) is 12.0 Å². The summed E-state index contributed by atoms with van der Waals surface area (Å²) in [6.07, 6.45) is 1.07. The van der Waals surface area contributed by atoms with Crippen molar-refractivity contribution >= 4 is 37.4 Å². The summed E-state index contributed by atoms with van der Waals surface area (Å²) in [5, 5.41) is 13.3. The van der Waals surface area contributed by atoms with Crippen LogP contribution in [0.25, 0.3) is 0 Å². The topological polar surface area (TPSA) is 106 Å². The van der Waals surface area contributed by atoms with Crippen molar-refractivity contribution < 1.29 is 18.1 Å². The Morgan fingerprint density at radius 2 is 2.10 bits per heavy atom. The third kappa shape index (κ3) is 4.57. The van der Waals surface area contributed by atoms with Gasteiger partial charge in [0.25, 0.3) is 11.6 Å². The Morgan fingerprint density at radius 3 is 2.60 bits per heavy atom. The van der Waals surface area contributed by atoms with Crippen LogP contribution in [0.4, 0.5) is 5.69 Å². The Morgan fingerprint density at radius 1 is 1.50 bits per heavy atom. The number of hydrogen-bond acceptors (Lipinski definition) is 5. The molecule has 0 aromatic heterocycles. The number of nitrogens with one attached hydrogen (secondary N) is 1. The van der Waals surface area contributed by atoms with Crippen molar-refractivity contribution in [3.8, 4) is 0 Å². The summed E-state index contributed by atoms with van der Waals surface area (Å²) >= 11 is 3.01. The minimum Gasteiger partial charge on any atom is -0.349 e. The third-order valence-corrected chi connectivity index (χ3v) is 4.29. The lowest BCUT2D eigenvalue weighted by molar-refractivity contribution is -0.385. The van der Waals surface area contributed by atoms with E-state index in [0.717, 1.165) is 6.26 Å². The van der Waals surface area contributed by atoms with Gasteiger partial charge in [0.1, 0.15) is 14.3 Å². The molecule has 0 bridgehead atoms. The van der Waals surface area contributed by atoms with Crippen LogP contribution in [0.1, 0.15) is 17.3 Å². The zero-order chi connectivity index (χ0) is 15.5. The largest absolute Gasteiger partial charge is 0.349 e. The van der Waals surface area contributed by atoms with Gasteiger partial charge in [0.05, 0.1) is 16.2 Å². The molecule has 0 aliphatic heterocycles. The second kappa shape index (κ2) is 6.31. The minimum atomic E-state index is -3.22. The number of rotatable bonds is 5. The Bertz CT molecular complexity index is 644. The zero-order valence-corrected chi connectivity index (χ0v) is 13.2. The summed E-state index contributed by atoms with van der Waals surface area (Å²) < 4.78 is 22.3. The molecule has 1 rings (SSSR count). The molecular weight excluding hydrogens is 352 g/mol. The van der Waals surface area contributed by atoms with Crippen molar-refractivity contribution in [2.24, 2.45) is 0 Å². The Kier molecular flexibility index (Phi) is 5.23. The fourth-order valence-corrected chi connectivity index (χ4v) is 3.21. The van der Waals surface area contributed by atoms with E-state index in [0.29, 0.717) is 0 Å². The van der Waals surface area contributed by atoms with Gasteiger partial charge in [-0.1, -0.05) is 6.07 Å². The number of halogens is 1. The number of nitro groups is 1. The van der Waals surface area contributed by atoms with E-state index in [2.05, 4.69) is 21.2 Å². The third-order valence-electron chi connectivity index (χ3n) is 2.35. The van der Waals surface area contributed by atoms with Gasteiger partial charge in [-0.3, -0.25) is 14.9 Å². The number of amides is 1. The molecule has 7 nitrogen and oxygen atoms in total. The van der Waals surface area contributed by atoms with Gasteiger partial charge >= 0.3 is 0 Å². The molecule has 0 aliphatic rings. The lowest BCUT2D eigenvalue weighted by atomic mass is 10.2. The van der Waals surface area contributed by atoms with Crippen LogP contribution >= 0.6 is 15.9 Å². The molecule has 0 aliphatic carbocycles. The molecule has 0 fully saturated rings. The summed E-state index contributed by atoms with van der Waals surface area (Å²) in [4.78, 5) is 22.1. The van der Waals surface area contributed by atoms with Gasteiger partial charge in [0, 0.05) is 18.4 Å². The van der Waals surface area contributed by atoms with Gasteiger partial charge in [-0.05, 0) is 28.9 Å². The molecule has 0 spiro atoms. The molecule has 1 aromatic carbocycles. The first-order valence-corrected chi connectivity index (χ1v) is 8.38. The average Bonchev–Trinajstić information content (AvgIpc) is 2.25. The molecule has 20 heavy (non-hydrogen) atoms. The SMILES string of the molecule is CC(CS(C)(=O)=O)NC(=O)c1cccc([N+](=O)[O-])c1Br. The lowest BCUT2D eigenvalue weighted by Gasteiger charge is -2.13. The number of nitro benzene ring substituents is 1. The van der Waals surface area contributed by atoms with Crippen LogP contribution in [-0.2, 0) is 9.84 Å². The Hall–Kier alpha value is -1.48. The van der Waals surface area contributed by atoms with Crippen LogP contribution in [0.15, 0.2) is 22.7 Å². The molecule has 1 unspecified atom stereocenters. The van der Waals surface area contributed by atoms with Crippen LogP contribution in [0.5, 0.6) is 0 Å². The van der Waals surface area contributed by atoms with Crippen molar-refractivity contribution in [3.05, 3.63) is 38.3 Å². The quantitative estimate of drug-likeness (QED) is 0.629. The second-order valence-corrected chi connectivity index (χ2v) is 7.34. The summed E-state index contributed by atoms with van der Waals surface area (Å²) in [5.74, 6) is -0.776. The molecule has 1 aromatic rings. The molecule has 1 N–H and O–H groups in total. The fourth-order valence-electron chi connectivity index (χ4n) is 1.63. The number of nitrogens with zero attached hydrogens (tertiary/aromatic N) is 1. The first kappa shape index (κ1) is 16.6. The van der Waals surface area contributed by atoms with E-state index in [1.54, 1.807) is 6.92 Å². The van der Waals surface area contributed by atoms with Gasteiger partial charge in [0.2, 0.25) is 0 Å². The number of carbonyl (C=O) groups excluding carboxylic acids is 1. The summed E-state index contributed by atoms with van der Waals surface area (Å²) in [5.41, 5.74) is -0.145. The molecule has 1 amide bonds. The van der Waals surface area contributed by atoms with E-state index in [9.17, 15) is 23.3 Å². The van der Waals surface area contributed by atoms with E-state index < -0.39 is 26.7 Å². The maximum Gasteiger partial charge on any atom is 0.284 e. The number of carbonyl (C=O) groups is 1. The smallest absolute Gasteiger partial charge is 0.284 e. The predicted octanol–water partition coefficient (Wildman–Crippen LogP) is 1.52. The molecule has 110 valence electrons. The highest BCUT2D eigenvalue weighted by Gasteiger charge is 2.21. The van der Waals surface area contributed by atoms with Gasteiger partial charge in [-0.15, -0.1) is 0 Å². The van der Waals surface area contributed by atoms with Crippen molar-refractivity contribution in [1.82, 2.24) is 5.32 Å². The van der Waals surface area contributed by atoms with Crippen molar-refractivity contribution in [1.29, 1.82) is 0 Å². The Balaban J connectivity index is 2.94. The molecule has 1 atom stereocenters. The van der Waals surface area contributed by atoms with E-state index in [4.69, 9.17) is 0 Å². The summed E-state index contributed by atoms with van der Waals surface area (Å²) in [6.45, 7) is 1.55. The van der Waals surface area contributed by atoms with E-state index >= 15 is 0 Å². The highest BCUT2D eigenvalue weighted by molar-refractivity contribution is 9.10. The van der Waals surface area contributed by atoms with Gasteiger partial charge in [-0.25, -0.2) is 8.42 Å². The van der Waals surface area contributed by atoms with Crippen LogP contribution in [0.2, 0.25) is 0 Å². The van der Waals surface area contributed by atoms with Gasteiger partial charge in [-0.2, -0.15) is 0 Å². The van der Waals surface area contributed by atoms with Crippen LogP contribution in [0.3, 0.4) is 0 Å². The van der Waals surface area contributed by atoms with Crippen molar-refractivity contribution in [3.63, 3.8) is 0 Å². The predicted molar refractivity (Wildman–Crippen MR) is 77.4 cm³/mol. The summed E-state index contributed by atoms with van der Waals surface area (Å²) in [6, 6.07) is 3.48. The van der Waals surface area contributed by atoms with Crippen LogP contribution in [-0.4, -0.2) is 37.3 Å². The second-order valence-electron chi connectivity index (χ2n) is 4.36. The van der Waals surface area contributed by atoms with Crippen LogP contribution < -0.4 is 5.32 Å². The molecule has 0 heterocycles. The minimum absolute atomic E-state index is 0.0639. The van der Waals surface area contributed by atoms with Crippen molar-refractivity contribution in [2.45, 2.75) is 13.0 Å². The number of sulfone groups is 1. The number of benzene rings is 1. The fraction of sp³-hybridized carbons (Fsp3) is 0.364. The zero-order valence-electron chi connectivity index (χ0n) is 10.8. The van der Waals surface area contributed by atoms with E-state index in [-0.39, 0.29) is 21.5 Å². The Labute approximate surface area is 124 Å². The monoisotopic (exact) mass is 364 g/mol. The average molecular weight is 365 g/mol. The van der Waals surface area contributed by atoms with E-state index in [1.807, 2.05) is 0 Å². The van der Waals surface area contributed by atoms with E-state index in [1.165, 1.54) is 18.2 Å². The maximum absolute atomic E-state index is 12.0. The molecule has 0 saturated carbocycles. The first-order chi connectivity index (χ1) is 9.11. The van der Waals surface area contributed by atoms with Crippen LogP contribution in [0, 0.1) is 10.1 Å². The highest BCUT2D eigenvalue weighted by Crippen LogP contribution is 2.28. The molecular formula is C11H13BrN2O5S. The maximum atomic E-state index is 12.0. The molecule has 0 radical (unpaired) electrons. The highest BCUT2D eigenvalue weighted by atomic mass is 79.9. The van der Waals surface area contributed by atoms with Gasteiger partial charge < -0.3 is 5.32 Å². The van der Waals surface area contributed by atoms with Gasteiger partial charge in [0.15, 0.2) is 0 Å². The summed E-state index contributed by atoms with van der Waals surface area (Å²) in [7, 11) is -3.22.